The summed E-state index contributed by atoms with van der Waals surface area (Å²) in [6, 6.07) is 13.3. The molecule has 0 amide bonds. The van der Waals surface area contributed by atoms with E-state index in [1.807, 2.05) is 42.5 Å². The van der Waals surface area contributed by atoms with E-state index in [4.69, 9.17) is 15.8 Å². The minimum absolute atomic E-state index is 0. The highest BCUT2D eigenvalue weighted by Crippen LogP contribution is 2.17. The van der Waals surface area contributed by atoms with Crippen LogP contribution in [0.4, 0.5) is 5.69 Å². The van der Waals surface area contributed by atoms with E-state index in [1.54, 1.807) is 0 Å². The number of fused-ring (bicyclic) bond motifs is 1. The first-order chi connectivity index (χ1) is 10.1. The Morgan fingerprint density at radius 1 is 1.27 bits per heavy atom. The van der Waals surface area contributed by atoms with Crippen LogP contribution in [0.25, 0.3) is 0 Å². The molecule has 0 unspecified atom stereocenters. The number of hydrogen-bond donors (Lipinski definition) is 4. The second-order valence-electron chi connectivity index (χ2n) is 5.01. The number of nitrogens with one attached hydrogen (secondary N) is 2. The summed E-state index contributed by atoms with van der Waals surface area (Å²) in [7, 11) is -0.858. The lowest BCUT2D eigenvalue weighted by atomic mass is 9.78. The van der Waals surface area contributed by atoms with Crippen molar-refractivity contribution in [1.82, 2.24) is 0 Å². The fraction of sp³-hybridized carbons (Fsp3) is 0.133. The van der Waals surface area contributed by atoms with Crippen molar-refractivity contribution in [1.29, 1.82) is 5.41 Å². The Labute approximate surface area is 135 Å². The summed E-state index contributed by atoms with van der Waals surface area (Å²) in [5.74, 6) is 0.0654. The Morgan fingerprint density at radius 3 is 2.68 bits per heavy atom. The van der Waals surface area contributed by atoms with Gasteiger partial charge in [-0.15, -0.1) is 12.4 Å². The predicted molar refractivity (Wildman–Crippen MR) is 90.9 cm³/mol. The van der Waals surface area contributed by atoms with E-state index in [1.165, 1.54) is 0 Å². The van der Waals surface area contributed by atoms with Crippen LogP contribution < -0.4 is 16.5 Å². The van der Waals surface area contributed by atoms with Crippen molar-refractivity contribution in [3.05, 3.63) is 59.2 Å². The molecule has 2 aromatic carbocycles. The Hall–Kier alpha value is -2.02. The third-order valence-corrected chi connectivity index (χ3v) is 3.59. The van der Waals surface area contributed by atoms with E-state index in [0.29, 0.717) is 18.7 Å². The summed E-state index contributed by atoms with van der Waals surface area (Å²) in [4.78, 5) is 0. The molecular weight excluding hydrogens is 300 g/mol. The van der Waals surface area contributed by atoms with Crippen molar-refractivity contribution in [3.63, 3.8) is 0 Å². The number of benzene rings is 2. The van der Waals surface area contributed by atoms with Crippen molar-refractivity contribution in [2.45, 2.75) is 13.2 Å². The van der Waals surface area contributed by atoms with Crippen LogP contribution in [0, 0.1) is 5.41 Å². The van der Waals surface area contributed by atoms with Crippen molar-refractivity contribution in [3.8, 4) is 0 Å². The third kappa shape index (κ3) is 3.25. The van der Waals surface area contributed by atoms with Crippen LogP contribution in [0.5, 0.6) is 0 Å². The summed E-state index contributed by atoms with van der Waals surface area (Å²) in [5.41, 5.74) is 9.93. The molecular formula is C15H17BClN3O2. The van der Waals surface area contributed by atoms with Gasteiger partial charge in [-0.25, -0.2) is 0 Å². The van der Waals surface area contributed by atoms with Gasteiger partial charge in [0.1, 0.15) is 5.84 Å². The summed E-state index contributed by atoms with van der Waals surface area (Å²) in [6.07, 6.45) is 0. The van der Waals surface area contributed by atoms with Gasteiger partial charge in [0.2, 0.25) is 0 Å². The first-order valence-electron chi connectivity index (χ1n) is 6.74. The first-order valence-corrected chi connectivity index (χ1v) is 6.74. The SMILES string of the molecule is Cl.N=C(N)c1ccc(CNc2cccc3c2B(O)OC3)cc1. The maximum atomic E-state index is 9.86. The summed E-state index contributed by atoms with van der Waals surface area (Å²) < 4.78 is 5.24. The molecule has 0 atom stereocenters. The number of nitrogens with two attached hydrogens (primary N) is 1. The monoisotopic (exact) mass is 317 g/mol. The lowest BCUT2D eigenvalue weighted by Gasteiger charge is -2.11. The second-order valence-corrected chi connectivity index (χ2v) is 5.01. The Balaban J connectivity index is 0.00000176. The zero-order chi connectivity index (χ0) is 14.8. The molecule has 0 radical (unpaired) electrons. The third-order valence-electron chi connectivity index (χ3n) is 3.59. The van der Waals surface area contributed by atoms with Crippen molar-refractivity contribution >= 4 is 36.5 Å². The molecule has 22 heavy (non-hydrogen) atoms. The lowest BCUT2D eigenvalue weighted by molar-refractivity contribution is 0.275. The van der Waals surface area contributed by atoms with E-state index in [2.05, 4.69) is 5.32 Å². The highest BCUT2D eigenvalue weighted by atomic mass is 35.5. The standard InChI is InChI=1S/C15H16BN3O2.ClH/c17-15(18)11-6-4-10(5-7-11)8-19-13-3-1-2-12-9-21-16(20)14(12)13;/h1-7,19-20H,8-9H2,(H3,17,18);1H. The maximum absolute atomic E-state index is 9.86. The van der Waals surface area contributed by atoms with Gasteiger partial charge in [-0.3, -0.25) is 5.41 Å². The van der Waals surface area contributed by atoms with Gasteiger partial charge in [-0.05, 0) is 17.2 Å². The van der Waals surface area contributed by atoms with Crippen molar-refractivity contribution < 1.29 is 9.68 Å². The van der Waals surface area contributed by atoms with Gasteiger partial charge in [0.05, 0.1) is 6.61 Å². The van der Waals surface area contributed by atoms with Crippen LogP contribution >= 0.6 is 12.4 Å². The van der Waals surface area contributed by atoms with E-state index in [0.717, 1.165) is 22.3 Å². The molecule has 7 heteroatoms. The molecule has 0 aliphatic carbocycles. The molecule has 3 rings (SSSR count). The van der Waals surface area contributed by atoms with E-state index < -0.39 is 7.12 Å². The highest BCUT2D eigenvalue weighted by Gasteiger charge is 2.29. The highest BCUT2D eigenvalue weighted by molar-refractivity contribution is 6.63. The van der Waals surface area contributed by atoms with Crippen LogP contribution in [-0.4, -0.2) is 18.0 Å². The molecule has 0 saturated carbocycles. The zero-order valence-corrected chi connectivity index (χ0v) is 12.7. The topological polar surface area (TPSA) is 91.4 Å². The Kier molecular flexibility index (Phi) is 5.08. The fourth-order valence-electron chi connectivity index (χ4n) is 2.44. The van der Waals surface area contributed by atoms with Gasteiger partial charge >= 0.3 is 7.12 Å². The number of hydrogen-bond acceptors (Lipinski definition) is 4. The molecule has 2 aromatic rings. The van der Waals surface area contributed by atoms with Crippen LogP contribution in [0.2, 0.25) is 0 Å². The number of amidine groups is 1. The number of rotatable bonds is 4. The van der Waals surface area contributed by atoms with E-state index in [-0.39, 0.29) is 18.2 Å². The van der Waals surface area contributed by atoms with Gasteiger partial charge in [0, 0.05) is 23.3 Å². The second kappa shape index (κ2) is 6.83. The lowest BCUT2D eigenvalue weighted by Crippen LogP contribution is -2.30. The molecule has 0 aromatic heterocycles. The van der Waals surface area contributed by atoms with Gasteiger partial charge in [0.25, 0.3) is 0 Å². The van der Waals surface area contributed by atoms with Gasteiger partial charge in [-0.2, -0.15) is 0 Å². The molecule has 0 spiro atoms. The quantitative estimate of drug-likeness (QED) is 0.388. The van der Waals surface area contributed by atoms with Crippen LogP contribution in [0.3, 0.4) is 0 Å². The number of halogens is 1. The molecule has 114 valence electrons. The van der Waals surface area contributed by atoms with Gasteiger partial charge < -0.3 is 20.7 Å². The summed E-state index contributed by atoms with van der Waals surface area (Å²) in [6.45, 7) is 1.07. The smallest absolute Gasteiger partial charge is 0.423 e. The zero-order valence-electron chi connectivity index (χ0n) is 11.9. The van der Waals surface area contributed by atoms with E-state index in [9.17, 15) is 5.02 Å². The first kappa shape index (κ1) is 16.4. The average molecular weight is 318 g/mol. The van der Waals surface area contributed by atoms with Crippen molar-refractivity contribution in [2.24, 2.45) is 5.73 Å². The Bertz CT molecular complexity index is 679. The predicted octanol–water partition coefficient (Wildman–Crippen LogP) is 1.22. The maximum Gasteiger partial charge on any atom is 0.493 e. The molecule has 1 aliphatic heterocycles. The Morgan fingerprint density at radius 2 is 2.00 bits per heavy atom. The van der Waals surface area contributed by atoms with Crippen molar-refractivity contribution in [2.75, 3.05) is 5.32 Å². The molecule has 0 saturated heterocycles. The number of anilines is 1. The summed E-state index contributed by atoms with van der Waals surface area (Å²) >= 11 is 0. The molecule has 0 fully saturated rings. The largest absolute Gasteiger partial charge is 0.493 e. The molecule has 0 bridgehead atoms. The normalized spacial score (nSPS) is 12.5. The van der Waals surface area contributed by atoms with E-state index >= 15 is 0 Å². The van der Waals surface area contributed by atoms with Gasteiger partial charge in [-0.1, -0.05) is 36.4 Å². The summed E-state index contributed by atoms with van der Waals surface area (Å²) in [5, 5.41) is 20.5. The molecule has 1 aliphatic rings. The molecule has 5 N–H and O–H groups in total. The van der Waals surface area contributed by atoms with Crippen LogP contribution in [0.15, 0.2) is 42.5 Å². The van der Waals surface area contributed by atoms with Gasteiger partial charge in [0.15, 0.2) is 0 Å². The van der Waals surface area contributed by atoms with Crippen LogP contribution in [0.1, 0.15) is 16.7 Å². The van der Waals surface area contributed by atoms with Crippen LogP contribution in [-0.2, 0) is 17.8 Å². The fourth-order valence-corrected chi connectivity index (χ4v) is 2.44. The number of nitrogen functional groups attached to an aromatic ring is 1. The average Bonchev–Trinajstić information content (AvgIpc) is 2.88. The molecule has 1 heterocycles. The minimum atomic E-state index is -0.858. The minimum Gasteiger partial charge on any atom is -0.423 e. The molecule has 5 nitrogen and oxygen atoms in total.